The number of nitrogens with zero attached hydrogens (tertiary/aromatic N) is 2. The molecule has 1 aromatic heterocycles. The smallest absolute Gasteiger partial charge is 0.748 e. The maximum Gasteiger partial charge on any atom is 1.00 e. The fourth-order valence-electron chi connectivity index (χ4n) is 0.576. The molecular weight excluding hydrogens is 215 g/mol. The van der Waals surface area contributed by atoms with E-state index in [9.17, 15) is 13.0 Å². The van der Waals surface area contributed by atoms with E-state index in [-0.39, 0.29) is 35.3 Å². The summed E-state index contributed by atoms with van der Waals surface area (Å²) in [6, 6.07) is 0. The molecule has 0 radical (unpaired) electrons. The molecule has 14 heavy (non-hydrogen) atoms. The zero-order chi connectivity index (χ0) is 10.3. The third-order valence-electron chi connectivity index (χ3n) is 1.09. The van der Waals surface area contributed by atoms with Gasteiger partial charge < -0.3 is 9.12 Å². The van der Waals surface area contributed by atoms with E-state index in [0.717, 1.165) is 0 Å². The summed E-state index contributed by atoms with van der Waals surface area (Å²) in [5.74, 6) is -0.243. The molecule has 0 aliphatic carbocycles. The molecule has 0 spiro atoms. The SMILES string of the molecule is CCCS(=O)(=O)[O-].Cn1ccnc1.[Na+]. The van der Waals surface area contributed by atoms with Gasteiger partial charge in [-0.2, -0.15) is 0 Å². The summed E-state index contributed by atoms with van der Waals surface area (Å²) in [6.45, 7) is 1.65. The minimum Gasteiger partial charge on any atom is -0.748 e. The van der Waals surface area contributed by atoms with Gasteiger partial charge >= 0.3 is 29.6 Å². The van der Waals surface area contributed by atoms with Crippen molar-refractivity contribution in [2.45, 2.75) is 13.3 Å². The number of imidazole rings is 1. The first kappa shape index (κ1) is 16.5. The number of rotatable bonds is 2. The van der Waals surface area contributed by atoms with Gasteiger partial charge in [-0.05, 0) is 6.42 Å². The van der Waals surface area contributed by atoms with Crippen molar-refractivity contribution in [1.82, 2.24) is 9.55 Å². The number of aryl methyl sites for hydroxylation is 1. The van der Waals surface area contributed by atoms with Crippen LogP contribution in [0.15, 0.2) is 18.7 Å². The van der Waals surface area contributed by atoms with E-state index in [1.807, 2.05) is 17.8 Å². The van der Waals surface area contributed by atoms with Crippen LogP contribution >= 0.6 is 0 Å². The monoisotopic (exact) mass is 228 g/mol. The second-order valence-electron chi connectivity index (χ2n) is 2.49. The molecule has 5 nitrogen and oxygen atoms in total. The van der Waals surface area contributed by atoms with Gasteiger partial charge in [-0.25, -0.2) is 13.4 Å². The molecule has 0 bridgehead atoms. The first-order valence-electron chi connectivity index (χ1n) is 3.81. The first-order chi connectivity index (χ1) is 5.95. The summed E-state index contributed by atoms with van der Waals surface area (Å²) in [4.78, 5) is 3.78. The summed E-state index contributed by atoms with van der Waals surface area (Å²) in [7, 11) is -1.99. The Balaban J connectivity index is 0. The zero-order valence-electron chi connectivity index (χ0n) is 8.67. The van der Waals surface area contributed by atoms with E-state index in [1.165, 1.54) is 0 Å². The van der Waals surface area contributed by atoms with Gasteiger partial charge in [-0.3, -0.25) is 0 Å². The summed E-state index contributed by atoms with van der Waals surface area (Å²) < 4.78 is 30.9. The van der Waals surface area contributed by atoms with Crippen molar-refractivity contribution in [1.29, 1.82) is 0 Å². The minimum atomic E-state index is -3.92. The molecule has 76 valence electrons. The summed E-state index contributed by atoms with van der Waals surface area (Å²) in [5, 5.41) is 0. The molecule has 0 saturated carbocycles. The third-order valence-corrected chi connectivity index (χ3v) is 2.00. The van der Waals surface area contributed by atoms with Gasteiger partial charge in [0.1, 0.15) is 0 Å². The van der Waals surface area contributed by atoms with Crippen molar-refractivity contribution in [3.8, 4) is 0 Å². The Morgan fingerprint density at radius 3 is 2.14 bits per heavy atom. The maximum absolute atomic E-state index is 9.68. The largest absolute Gasteiger partial charge is 1.00 e. The van der Waals surface area contributed by atoms with Crippen molar-refractivity contribution in [2.24, 2.45) is 7.05 Å². The van der Waals surface area contributed by atoms with Crippen LogP contribution in [0.3, 0.4) is 0 Å². The van der Waals surface area contributed by atoms with Crippen LogP contribution in [0.4, 0.5) is 0 Å². The molecule has 0 fully saturated rings. The molecule has 1 heterocycles. The van der Waals surface area contributed by atoms with Crippen LogP contribution in [-0.4, -0.2) is 28.3 Å². The van der Waals surface area contributed by atoms with Crippen LogP contribution in [0.1, 0.15) is 13.3 Å². The normalized spacial score (nSPS) is 9.64. The van der Waals surface area contributed by atoms with Crippen molar-refractivity contribution in [3.05, 3.63) is 18.7 Å². The molecule has 1 aromatic rings. The Kier molecular flexibility index (Phi) is 9.96. The standard InChI is InChI=1S/C4H6N2.C3H8O3S.Na/c1-6-3-2-5-4-6;1-2-3-7(4,5)6;/h2-4H,1H3;2-3H2,1H3,(H,4,5,6);/q;;+1/p-1. The van der Waals surface area contributed by atoms with Crippen molar-refractivity contribution in [3.63, 3.8) is 0 Å². The topological polar surface area (TPSA) is 75.0 Å². The molecular formula is C7H13N2NaO3S. The van der Waals surface area contributed by atoms with Crippen molar-refractivity contribution in [2.75, 3.05) is 5.75 Å². The summed E-state index contributed by atoms with van der Waals surface area (Å²) >= 11 is 0. The van der Waals surface area contributed by atoms with Gasteiger partial charge in [0, 0.05) is 25.2 Å². The number of hydrogen-bond donors (Lipinski definition) is 0. The number of aromatic nitrogens is 2. The van der Waals surface area contributed by atoms with Gasteiger partial charge in [0.05, 0.1) is 16.4 Å². The summed E-state index contributed by atoms with van der Waals surface area (Å²) in [6.07, 6.45) is 5.80. The van der Waals surface area contributed by atoms with E-state index in [2.05, 4.69) is 4.98 Å². The first-order valence-corrected chi connectivity index (χ1v) is 5.39. The van der Waals surface area contributed by atoms with Gasteiger partial charge in [-0.1, -0.05) is 6.92 Å². The quantitative estimate of drug-likeness (QED) is 0.410. The van der Waals surface area contributed by atoms with Gasteiger partial charge in [-0.15, -0.1) is 0 Å². The van der Waals surface area contributed by atoms with Crippen molar-refractivity contribution < 1.29 is 42.5 Å². The Labute approximate surface area is 107 Å². The van der Waals surface area contributed by atoms with Crippen LogP contribution in [0.25, 0.3) is 0 Å². The Bertz CT molecular complexity index is 310. The molecule has 0 amide bonds. The average Bonchev–Trinajstić information content (AvgIpc) is 2.38. The third kappa shape index (κ3) is 12.1. The van der Waals surface area contributed by atoms with Crippen LogP contribution in [-0.2, 0) is 17.2 Å². The van der Waals surface area contributed by atoms with Crippen LogP contribution in [0.5, 0.6) is 0 Å². The second kappa shape index (κ2) is 8.43. The van der Waals surface area contributed by atoms with Crippen LogP contribution in [0.2, 0.25) is 0 Å². The fourth-order valence-corrected chi connectivity index (χ4v) is 1.08. The average molecular weight is 228 g/mol. The Hall–Kier alpha value is 0.120. The Morgan fingerprint density at radius 1 is 1.50 bits per heavy atom. The molecule has 1 rings (SSSR count). The molecule has 0 aliphatic rings. The molecule has 0 aromatic carbocycles. The zero-order valence-corrected chi connectivity index (χ0v) is 11.5. The van der Waals surface area contributed by atoms with E-state index in [0.29, 0.717) is 6.42 Å². The fraction of sp³-hybridized carbons (Fsp3) is 0.571. The van der Waals surface area contributed by atoms with E-state index >= 15 is 0 Å². The minimum absolute atomic E-state index is 0. The van der Waals surface area contributed by atoms with E-state index in [1.54, 1.807) is 19.4 Å². The molecule has 0 atom stereocenters. The predicted molar refractivity (Wildman–Crippen MR) is 48.1 cm³/mol. The Morgan fingerprint density at radius 2 is 2.07 bits per heavy atom. The predicted octanol–water partition coefficient (Wildman–Crippen LogP) is -2.63. The molecule has 0 aliphatic heterocycles. The van der Waals surface area contributed by atoms with Crippen LogP contribution < -0.4 is 29.6 Å². The number of hydrogen-bond acceptors (Lipinski definition) is 4. The molecule has 0 N–H and O–H groups in total. The second-order valence-corrected chi connectivity index (χ2v) is 4.01. The molecule has 0 unspecified atom stereocenters. The van der Waals surface area contributed by atoms with Gasteiger partial charge in [0.15, 0.2) is 0 Å². The van der Waals surface area contributed by atoms with Gasteiger partial charge in [0.2, 0.25) is 0 Å². The van der Waals surface area contributed by atoms with E-state index < -0.39 is 10.1 Å². The van der Waals surface area contributed by atoms with Gasteiger partial charge in [0.25, 0.3) is 0 Å². The maximum atomic E-state index is 9.68. The van der Waals surface area contributed by atoms with E-state index in [4.69, 9.17) is 0 Å². The summed E-state index contributed by atoms with van der Waals surface area (Å²) in [5.41, 5.74) is 0. The van der Waals surface area contributed by atoms with Crippen LogP contribution in [0, 0.1) is 0 Å². The molecule has 0 saturated heterocycles. The molecule has 7 heteroatoms. The van der Waals surface area contributed by atoms with Crippen molar-refractivity contribution >= 4 is 10.1 Å².